The Morgan fingerprint density at radius 2 is 2.00 bits per heavy atom. The average molecular weight is 364 g/mol. The number of halogens is 1. The molecule has 138 valence electrons. The fourth-order valence-corrected chi connectivity index (χ4v) is 4.05. The Morgan fingerprint density at radius 1 is 1.20 bits per heavy atom. The Hall–Kier alpha value is -1.10. The minimum absolute atomic E-state index is 0.227. The second kappa shape index (κ2) is 9.56. The maximum atomic E-state index is 12.0. The van der Waals surface area contributed by atoms with E-state index >= 15 is 0 Å². The lowest BCUT2D eigenvalue weighted by Crippen LogP contribution is -2.38. The van der Waals surface area contributed by atoms with Crippen LogP contribution in [0.15, 0.2) is 24.3 Å². The van der Waals surface area contributed by atoms with E-state index in [9.17, 15) is 4.79 Å². The molecule has 0 bridgehead atoms. The number of carbonyl (C=O) groups is 1. The summed E-state index contributed by atoms with van der Waals surface area (Å²) < 4.78 is 0. The molecule has 2 N–H and O–H groups in total. The molecule has 3 rings (SSSR count). The molecule has 1 amide bonds. The van der Waals surface area contributed by atoms with Gasteiger partial charge in [-0.3, -0.25) is 9.69 Å². The van der Waals surface area contributed by atoms with Crippen LogP contribution in [0.3, 0.4) is 0 Å². The molecule has 2 aliphatic rings. The van der Waals surface area contributed by atoms with Gasteiger partial charge in [-0.2, -0.15) is 0 Å². The lowest BCUT2D eigenvalue weighted by atomic mass is 9.96. The fraction of sp³-hybridized carbons (Fsp3) is 0.650. The van der Waals surface area contributed by atoms with E-state index in [2.05, 4.69) is 21.6 Å². The molecule has 0 aliphatic carbocycles. The van der Waals surface area contributed by atoms with Crippen molar-refractivity contribution in [2.45, 2.75) is 38.6 Å². The van der Waals surface area contributed by atoms with Gasteiger partial charge in [-0.25, -0.2) is 0 Å². The maximum absolute atomic E-state index is 12.0. The number of piperidine rings is 1. The minimum atomic E-state index is 0.227. The molecule has 2 heterocycles. The standard InChI is InChI=1S/C20H30ClN3O/c21-19-4-2-1-3-18(19)15-24-11-8-17(9-12-24)14-23-20(25)6-5-16-7-10-22-13-16/h1-4,16-17,22H,5-15H2,(H,23,25). The first kappa shape index (κ1) is 18.7. The molecule has 25 heavy (non-hydrogen) atoms. The van der Waals surface area contributed by atoms with Gasteiger partial charge < -0.3 is 10.6 Å². The molecule has 0 aromatic heterocycles. The van der Waals surface area contributed by atoms with Crippen LogP contribution in [0.5, 0.6) is 0 Å². The van der Waals surface area contributed by atoms with E-state index in [4.69, 9.17) is 11.6 Å². The summed E-state index contributed by atoms with van der Waals surface area (Å²) in [6.07, 6.45) is 5.22. The lowest BCUT2D eigenvalue weighted by molar-refractivity contribution is -0.121. The number of amides is 1. The Bertz CT molecular complexity index is 552. The van der Waals surface area contributed by atoms with Crippen LogP contribution in [-0.2, 0) is 11.3 Å². The summed E-state index contributed by atoms with van der Waals surface area (Å²) in [5.74, 6) is 1.53. The topological polar surface area (TPSA) is 44.4 Å². The molecular weight excluding hydrogens is 334 g/mol. The van der Waals surface area contributed by atoms with Crippen molar-refractivity contribution in [3.05, 3.63) is 34.9 Å². The van der Waals surface area contributed by atoms with Gasteiger partial charge in [-0.05, 0) is 75.3 Å². The Balaban J connectivity index is 1.31. The number of rotatable bonds is 7. The minimum Gasteiger partial charge on any atom is -0.356 e. The van der Waals surface area contributed by atoms with Gasteiger partial charge in [0.1, 0.15) is 0 Å². The third-order valence-corrected chi connectivity index (χ3v) is 5.96. The Labute approximate surface area is 156 Å². The van der Waals surface area contributed by atoms with E-state index in [0.717, 1.165) is 63.6 Å². The second-order valence-corrected chi connectivity index (χ2v) is 7.92. The van der Waals surface area contributed by atoms with Gasteiger partial charge in [0.15, 0.2) is 0 Å². The van der Waals surface area contributed by atoms with Gasteiger partial charge in [0.05, 0.1) is 0 Å². The van der Waals surface area contributed by atoms with Gasteiger partial charge >= 0.3 is 0 Å². The number of hydrogen-bond donors (Lipinski definition) is 2. The first-order valence-corrected chi connectivity index (χ1v) is 10.0. The molecule has 1 aromatic rings. The van der Waals surface area contributed by atoms with Gasteiger partial charge in [-0.15, -0.1) is 0 Å². The fourth-order valence-electron chi connectivity index (χ4n) is 3.86. The van der Waals surface area contributed by atoms with E-state index < -0.39 is 0 Å². The van der Waals surface area contributed by atoms with Crippen molar-refractivity contribution in [2.24, 2.45) is 11.8 Å². The number of nitrogens with zero attached hydrogens (tertiary/aromatic N) is 1. The summed E-state index contributed by atoms with van der Waals surface area (Å²) in [5, 5.41) is 7.37. The molecule has 2 saturated heterocycles. The second-order valence-electron chi connectivity index (χ2n) is 7.51. The molecule has 5 heteroatoms. The summed E-state index contributed by atoms with van der Waals surface area (Å²) in [5.41, 5.74) is 1.21. The van der Waals surface area contributed by atoms with Crippen LogP contribution in [0.1, 0.15) is 37.7 Å². The highest BCUT2D eigenvalue weighted by molar-refractivity contribution is 6.31. The monoisotopic (exact) mass is 363 g/mol. The first-order chi connectivity index (χ1) is 12.2. The van der Waals surface area contributed by atoms with Crippen molar-refractivity contribution in [1.82, 2.24) is 15.5 Å². The van der Waals surface area contributed by atoms with E-state index in [0.29, 0.717) is 18.3 Å². The third kappa shape index (κ3) is 5.98. The highest BCUT2D eigenvalue weighted by Gasteiger charge is 2.21. The lowest BCUT2D eigenvalue weighted by Gasteiger charge is -2.32. The highest BCUT2D eigenvalue weighted by Crippen LogP contribution is 2.22. The summed E-state index contributed by atoms with van der Waals surface area (Å²) in [6.45, 7) is 6.12. The van der Waals surface area contributed by atoms with E-state index in [1.807, 2.05) is 18.2 Å². The van der Waals surface area contributed by atoms with Crippen LogP contribution in [0, 0.1) is 11.8 Å². The molecule has 0 spiro atoms. The number of carbonyl (C=O) groups excluding carboxylic acids is 1. The van der Waals surface area contributed by atoms with Crippen molar-refractivity contribution in [3.8, 4) is 0 Å². The SMILES string of the molecule is O=C(CCC1CCNC1)NCC1CCN(Cc2ccccc2Cl)CC1. The van der Waals surface area contributed by atoms with Crippen molar-refractivity contribution in [1.29, 1.82) is 0 Å². The molecule has 1 atom stereocenters. The van der Waals surface area contributed by atoms with Gasteiger partial charge in [0, 0.05) is 24.5 Å². The molecule has 0 saturated carbocycles. The largest absolute Gasteiger partial charge is 0.356 e. The Kier molecular flexibility index (Phi) is 7.14. The van der Waals surface area contributed by atoms with Crippen LogP contribution in [0.2, 0.25) is 5.02 Å². The summed E-state index contributed by atoms with van der Waals surface area (Å²) >= 11 is 6.26. The number of benzene rings is 1. The van der Waals surface area contributed by atoms with Crippen molar-refractivity contribution in [2.75, 3.05) is 32.7 Å². The van der Waals surface area contributed by atoms with Crippen LogP contribution < -0.4 is 10.6 Å². The highest BCUT2D eigenvalue weighted by atomic mass is 35.5. The molecule has 0 radical (unpaired) electrons. The zero-order valence-electron chi connectivity index (χ0n) is 15.0. The van der Waals surface area contributed by atoms with Crippen LogP contribution >= 0.6 is 11.6 Å². The maximum Gasteiger partial charge on any atom is 0.220 e. The summed E-state index contributed by atoms with van der Waals surface area (Å²) in [7, 11) is 0. The van der Waals surface area contributed by atoms with Gasteiger partial charge in [0.2, 0.25) is 5.91 Å². The number of hydrogen-bond acceptors (Lipinski definition) is 3. The van der Waals surface area contributed by atoms with Gasteiger partial charge in [-0.1, -0.05) is 29.8 Å². The predicted molar refractivity (Wildman–Crippen MR) is 103 cm³/mol. The normalized spacial score (nSPS) is 22.2. The smallest absolute Gasteiger partial charge is 0.220 e. The predicted octanol–water partition coefficient (Wildman–Crippen LogP) is 3.06. The molecular formula is C20H30ClN3O. The average Bonchev–Trinajstić information content (AvgIpc) is 3.15. The first-order valence-electron chi connectivity index (χ1n) is 9.64. The van der Waals surface area contributed by atoms with Crippen molar-refractivity contribution in [3.63, 3.8) is 0 Å². The zero-order chi connectivity index (χ0) is 17.5. The molecule has 1 aromatic carbocycles. The molecule has 1 unspecified atom stereocenters. The zero-order valence-corrected chi connectivity index (χ0v) is 15.7. The number of nitrogens with one attached hydrogen (secondary N) is 2. The quantitative estimate of drug-likeness (QED) is 0.782. The van der Waals surface area contributed by atoms with E-state index in [-0.39, 0.29) is 5.91 Å². The van der Waals surface area contributed by atoms with E-state index in [1.54, 1.807) is 0 Å². The summed E-state index contributed by atoms with van der Waals surface area (Å²) in [4.78, 5) is 14.5. The molecule has 4 nitrogen and oxygen atoms in total. The summed E-state index contributed by atoms with van der Waals surface area (Å²) in [6, 6.07) is 8.09. The van der Waals surface area contributed by atoms with Crippen LogP contribution in [0.4, 0.5) is 0 Å². The Morgan fingerprint density at radius 3 is 2.72 bits per heavy atom. The van der Waals surface area contributed by atoms with E-state index in [1.165, 1.54) is 12.0 Å². The van der Waals surface area contributed by atoms with Gasteiger partial charge in [0.25, 0.3) is 0 Å². The number of likely N-dealkylation sites (tertiary alicyclic amines) is 1. The van der Waals surface area contributed by atoms with Crippen LogP contribution in [0.25, 0.3) is 0 Å². The third-order valence-electron chi connectivity index (χ3n) is 5.59. The van der Waals surface area contributed by atoms with Crippen molar-refractivity contribution < 1.29 is 4.79 Å². The molecule has 2 fully saturated rings. The molecule has 2 aliphatic heterocycles. The van der Waals surface area contributed by atoms with Crippen molar-refractivity contribution >= 4 is 17.5 Å². The van der Waals surface area contributed by atoms with Crippen LogP contribution in [-0.4, -0.2) is 43.5 Å².